The minimum absolute atomic E-state index is 0.0305. The lowest BCUT2D eigenvalue weighted by atomic mass is 9.73. The predicted molar refractivity (Wildman–Crippen MR) is 81.8 cm³/mol. The van der Waals surface area contributed by atoms with Gasteiger partial charge in [-0.3, -0.25) is 4.79 Å². The Bertz CT molecular complexity index is 315. The van der Waals surface area contributed by atoms with Gasteiger partial charge >= 0.3 is 5.97 Å². The molecule has 1 fully saturated rings. The molecule has 0 aromatic heterocycles. The van der Waals surface area contributed by atoms with Crippen molar-refractivity contribution in [3.8, 4) is 0 Å². The first-order valence-corrected chi connectivity index (χ1v) is 8.16. The molecule has 5 nitrogen and oxygen atoms in total. The minimum atomic E-state index is -1.06. The van der Waals surface area contributed by atoms with Crippen LogP contribution < -0.4 is 5.73 Å². The molecule has 0 heterocycles. The van der Waals surface area contributed by atoms with Crippen molar-refractivity contribution in [3.05, 3.63) is 0 Å². The normalized spacial score (nSPS) is 22.8. The molecule has 1 unspecified atom stereocenters. The van der Waals surface area contributed by atoms with E-state index in [1.807, 2.05) is 13.8 Å². The fraction of sp³-hybridized carbons (Fsp3) is 0.938. The van der Waals surface area contributed by atoms with Crippen LogP contribution in [0.1, 0.15) is 58.8 Å². The molecule has 1 rings (SSSR count). The lowest BCUT2D eigenvalue weighted by molar-refractivity contribution is -0.139. The van der Waals surface area contributed by atoms with Gasteiger partial charge in [-0.25, -0.2) is 0 Å². The Kier molecular flexibility index (Phi) is 7.63. The van der Waals surface area contributed by atoms with E-state index in [1.54, 1.807) is 0 Å². The third-order valence-corrected chi connectivity index (χ3v) is 4.66. The van der Waals surface area contributed by atoms with Gasteiger partial charge in [0, 0.05) is 12.5 Å². The zero-order valence-corrected chi connectivity index (χ0v) is 13.2. The molecule has 5 N–H and O–H groups in total. The number of carboxylic acid groups (broad SMARTS) is 1. The Morgan fingerprint density at radius 1 is 1.19 bits per heavy atom. The maximum Gasteiger partial charge on any atom is 0.303 e. The fourth-order valence-corrected chi connectivity index (χ4v) is 3.51. The van der Waals surface area contributed by atoms with Gasteiger partial charge in [-0.05, 0) is 24.2 Å². The van der Waals surface area contributed by atoms with Crippen LogP contribution in [-0.4, -0.2) is 39.5 Å². The van der Waals surface area contributed by atoms with Crippen molar-refractivity contribution in [2.45, 2.75) is 77.0 Å². The zero-order chi connectivity index (χ0) is 16.0. The number of hydrogen-bond acceptors (Lipinski definition) is 4. The molecule has 1 aliphatic carbocycles. The van der Waals surface area contributed by atoms with E-state index in [9.17, 15) is 15.0 Å². The maximum absolute atomic E-state index is 11.1. The van der Waals surface area contributed by atoms with Crippen molar-refractivity contribution in [1.82, 2.24) is 0 Å². The molecule has 1 saturated carbocycles. The second-order valence-corrected chi connectivity index (χ2v) is 6.92. The summed E-state index contributed by atoms with van der Waals surface area (Å²) in [5.74, 6) is -0.647. The summed E-state index contributed by atoms with van der Waals surface area (Å²) < 4.78 is 0. The van der Waals surface area contributed by atoms with Crippen LogP contribution >= 0.6 is 0 Å². The molecule has 4 atom stereocenters. The molecule has 124 valence electrons. The van der Waals surface area contributed by atoms with Gasteiger partial charge in [0.05, 0.1) is 12.2 Å². The van der Waals surface area contributed by atoms with Gasteiger partial charge in [-0.15, -0.1) is 0 Å². The topological polar surface area (TPSA) is 104 Å². The largest absolute Gasteiger partial charge is 0.481 e. The number of nitrogens with two attached hydrogens (primary N) is 1. The third kappa shape index (κ3) is 5.93. The van der Waals surface area contributed by atoms with Gasteiger partial charge in [-0.1, -0.05) is 46.0 Å². The highest BCUT2D eigenvalue weighted by Crippen LogP contribution is 2.34. The molecule has 5 heteroatoms. The second-order valence-electron chi connectivity index (χ2n) is 6.92. The molecule has 0 aromatic rings. The Morgan fingerprint density at radius 2 is 1.76 bits per heavy atom. The summed E-state index contributed by atoms with van der Waals surface area (Å²) >= 11 is 0. The van der Waals surface area contributed by atoms with Crippen LogP contribution in [0.4, 0.5) is 0 Å². The van der Waals surface area contributed by atoms with E-state index in [4.69, 9.17) is 10.8 Å². The summed E-state index contributed by atoms with van der Waals surface area (Å²) in [7, 11) is 0. The molecular weight excluding hydrogens is 270 g/mol. The van der Waals surface area contributed by atoms with Crippen molar-refractivity contribution in [1.29, 1.82) is 0 Å². The first kappa shape index (κ1) is 18.4. The van der Waals surface area contributed by atoms with E-state index in [0.717, 1.165) is 25.7 Å². The quantitative estimate of drug-likeness (QED) is 0.547. The predicted octanol–water partition coefficient (Wildman–Crippen LogP) is 1.75. The number of carbonyl (C=O) groups is 1. The summed E-state index contributed by atoms with van der Waals surface area (Å²) in [6, 6.07) is -0.682. The summed E-state index contributed by atoms with van der Waals surface area (Å²) in [6.07, 6.45) is 3.81. The number of hydrogen-bond donors (Lipinski definition) is 4. The van der Waals surface area contributed by atoms with Crippen LogP contribution in [0.15, 0.2) is 0 Å². The Labute approximate surface area is 127 Å². The van der Waals surface area contributed by atoms with Crippen LogP contribution in [0.2, 0.25) is 0 Å². The Balaban J connectivity index is 2.73. The first-order chi connectivity index (χ1) is 9.82. The Morgan fingerprint density at radius 3 is 2.24 bits per heavy atom. The molecule has 0 aliphatic heterocycles. The van der Waals surface area contributed by atoms with Crippen molar-refractivity contribution >= 4 is 5.97 Å². The van der Waals surface area contributed by atoms with Gasteiger partial charge in [0.2, 0.25) is 0 Å². The van der Waals surface area contributed by atoms with E-state index in [0.29, 0.717) is 6.42 Å². The summed E-state index contributed by atoms with van der Waals surface area (Å²) in [4.78, 5) is 11.1. The summed E-state index contributed by atoms with van der Waals surface area (Å²) in [5, 5.41) is 29.5. The fourth-order valence-electron chi connectivity index (χ4n) is 3.51. The van der Waals surface area contributed by atoms with E-state index in [1.165, 1.54) is 6.42 Å². The van der Waals surface area contributed by atoms with Crippen LogP contribution in [0, 0.1) is 17.8 Å². The lowest BCUT2D eigenvalue weighted by Gasteiger charge is -2.37. The highest BCUT2D eigenvalue weighted by Gasteiger charge is 2.36. The monoisotopic (exact) mass is 301 g/mol. The van der Waals surface area contributed by atoms with Crippen LogP contribution in [0.25, 0.3) is 0 Å². The number of aliphatic hydroxyl groups excluding tert-OH is 2. The highest BCUT2D eigenvalue weighted by atomic mass is 16.4. The van der Waals surface area contributed by atoms with E-state index < -0.39 is 24.2 Å². The van der Waals surface area contributed by atoms with Crippen molar-refractivity contribution < 1.29 is 20.1 Å². The average molecular weight is 301 g/mol. The second kappa shape index (κ2) is 8.71. The smallest absolute Gasteiger partial charge is 0.303 e. The van der Waals surface area contributed by atoms with Crippen LogP contribution in [0.3, 0.4) is 0 Å². The maximum atomic E-state index is 11.1. The Hall–Kier alpha value is -0.650. The van der Waals surface area contributed by atoms with Gasteiger partial charge in [0.1, 0.15) is 0 Å². The van der Waals surface area contributed by atoms with Crippen LogP contribution in [-0.2, 0) is 4.79 Å². The van der Waals surface area contributed by atoms with Gasteiger partial charge in [0.25, 0.3) is 0 Å². The van der Waals surface area contributed by atoms with Crippen LogP contribution in [0.5, 0.6) is 0 Å². The van der Waals surface area contributed by atoms with Gasteiger partial charge < -0.3 is 21.1 Å². The number of carboxylic acids is 1. The molecule has 0 radical (unpaired) electrons. The van der Waals surface area contributed by atoms with E-state index >= 15 is 0 Å². The number of aliphatic carboxylic acids is 1. The third-order valence-electron chi connectivity index (χ3n) is 4.66. The molecule has 21 heavy (non-hydrogen) atoms. The molecule has 0 amide bonds. The van der Waals surface area contributed by atoms with Crippen molar-refractivity contribution in [2.75, 3.05) is 0 Å². The standard InChI is InChI=1S/C16H31NO4/c1-10(2)8-13(18)16(21)15(17)12(9-14(19)20)11-6-4-3-5-7-11/h10-13,15-16,18,21H,3-9,17H2,1-2H3,(H,19,20)/t12?,13-,15-,16-/m0/s1. The van der Waals surface area contributed by atoms with E-state index in [-0.39, 0.29) is 24.2 Å². The highest BCUT2D eigenvalue weighted by molar-refractivity contribution is 5.67. The zero-order valence-electron chi connectivity index (χ0n) is 13.2. The average Bonchev–Trinajstić information content (AvgIpc) is 2.43. The number of aliphatic hydroxyl groups is 2. The first-order valence-electron chi connectivity index (χ1n) is 8.16. The molecule has 0 aromatic carbocycles. The molecule has 1 aliphatic rings. The van der Waals surface area contributed by atoms with Gasteiger partial charge in [-0.2, -0.15) is 0 Å². The summed E-state index contributed by atoms with van der Waals surface area (Å²) in [6.45, 7) is 3.94. The molecule has 0 bridgehead atoms. The molecule has 0 saturated heterocycles. The number of rotatable bonds is 8. The molecular formula is C16H31NO4. The summed E-state index contributed by atoms with van der Waals surface area (Å²) in [5.41, 5.74) is 6.14. The van der Waals surface area contributed by atoms with E-state index in [2.05, 4.69) is 0 Å². The minimum Gasteiger partial charge on any atom is -0.481 e. The van der Waals surface area contributed by atoms with Crippen molar-refractivity contribution in [2.24, 2.45) is 23.5 Å². The lowest BCUT2D eigenvalue weighted by Crippen LogP contribution is -2.50. The SMILES string of the molecule is CC(C)C[C@H](O)[C@H](O)[C@@H](N)C(CC(=O)O)C1CCCCC1. The molecule has 0 spiro atoms. The van der Waals surface area contributed by atoms with Crippen molar-refractivity contribution in [3.63, 3.8) is 0 Å². The van der Waals surface area contributed by atoms with Gasteiger partial charge in [0.15, 0.2) is 0 Å².